The minimum absolute atomic E-state index is 0.311. The van der Waals surface area contributed by atoms with Gasteiger partial charge in [0.25, 0.3) is 0 Å². The molecule has 0 spiro atoms. The van der Waals surface area contributed by atoms with E-state index in [1.54, 1.807) is 0 Å². The summed E-state index contributed by atoms with van der Waals surface area (Å²) >= 11 is 0. The molecular formula is C15H26N4. The predicted molar refractivity (Wildman–Crippen MR) is 76.9 cm³/mol. The monoisotopic (exact) mass is 262 g/mol. The number of aromatic nitrogens is 2. The molecule has 0 amide bonds. The fourth-order valence-corrected chi connectivity index (χ4v) is 3.91. The highest BCUT2D eigenvalue weighted by atomic mass is 15.2. The van der Waals surface area contributed by atoms with Gasteiger partial charge in [-0.1, -0.05) is 6.42 Å². The van der Waals surface area contributed by atoms with E-state index in [9.17, 15) is 0 Å². The van der Waals surface area contributed by atoms with Crippen LogP contribution in [-0.4, -0.2) is 33.6 Å². The van der Waals surface area contributed by atoms with E-state index in [1.165, 1.54) is 37.8 Å². The van der Waals surface area contributed by atoms with Crippen LogP contribution in [0.15, 0.2) is 12.5 Å². The summed E-state index contributed by atoms with van der Waals surface area (Å²) in [4.78, 5) is 6.95. The summed E-state index contributed by atoms with van der Waals surface area (Å²) in [7, 11) is 2.30. The summed E-state index contributed by atoms with van der Waals surface area (Å²) in [6, 6.07) is 2.06. The van der Waals surface area contributed by atoms with Gasteiger partial charge in [-0.25, -0.2) is 4.98 Å². The second-order valence-corrected chi connectivity index (χ2v) is 6.94. The Morgan fingerprint density at radius 1 is 1.21 bits per heavy atom. The highest BCUT2D eigenvalue weighted by Crippen LogP contribution is 2.39. The van der Waals surface area contributed by atoms with Crippen LogP contribution in [0.5, 0.6) is 0 Å². The SMILES string of the molecule is CN1C2CCCC1CC(n1cncc1C(C)(C)N)C2. The topological polar surface area (TPSA) is 47.1 Å². The van der Waals surface area contributed by atoms with Crippen LogP contribution >= 0.6 is 0 Å². The normalized spacial score (nSPS) is 32.5. The molecule has 0 aromatic carbocycles. The van der Waals surface area contributed by atoms with Gasteiger partial charge < -0.3 is 15.2 Å². The molecule has 2 atom stereocenters. The number of nitrogens with zero attached hydrogens (tertiary/aromatic N) is 3. The van der Waals surface area contributed by atoms with E-state index in [1.807, 2.05) is 12.5 Å². The van der Waals surface area contributed by atoms with Gasteiger partial charge in [-0.05, 0) is 46.6 Å². The van der Waals surface area contributed by atoms with Crippen molar-refractivity contribution in [1.82, 2.24) is 14.5 Å². The first-order valence-corrected chi connectivity index (χ1v) is 7.50. The summed E-state index contributed by atoms with van der Waals surface area (Å²) in [5.41, 5.74) is 7.14. The van der Waals surface area contributed by atoms with Crippen LogP contribution in [0.25, 0.3) is 0 Å². The summed E-state index contributed by atoms with van der Waals surface area (Å²) in [5.74, 6) is 0. The van der Waals surface area contributed by atoms with Crippen LogP contribution < -0.4 is 5.73 Å². The number of nitrogens with two attached hydrogens (primary N) is 1. The lowest BCUT2D eigenvalue weighted by molar-refractivity contribution is 0.0387. The van der Waals surface area contributed by atoms with E-state index in [-0.39, 0.29) is 5.54 Å². The first-order valence-electron chi connectivity index (χ1n) is 7.50. The van der Waals surface area contributed by atoms with E-state index >= 15 is 0 Å². The zero-order chi connectivity index (χ0) is 13.6. The summed E-state index contributed by atoms with van der Waals surface area (Å²) in [6.07, 6.45) is 10.5. The Hall–Kier alpha value is -0.870. The van der Waals surface area contributed by atoms with Crippen molar-refractivity contribution in [1.29, 1.82) is 0 Å². The fraction of sp³-hybridized carbons (Fsp3) is 0.800. The lowest BCUT2D eigenvalue weighted by Crippen LogP contribution is -2.50. The van der Waals surface area contributed by atoms with E-state index in [0.717, 1.165) is 12.1 Å². The van der Waals surface area contributed by atoms with Gasteiger partial charge in [-0.2, -0.15) is 0 Å². The van der Waals surface area contributed by atoms with Crippen molar-refractivity contribution < 1.29 is 0 Å². The van der Waals surface area contributed by atoms with Gasteiger partial charge in [0, 0.05) is 24.3 Å². The van der Waals surface area contributed by atoms with Gasteiger partial charge in [0.2, 0.25) is 0 Å². The summed E-state index contributed by atoms with van der Waals surface area (Å²) in [5, 5.41) is 0. The minimum Gasteiger partial charge on any atom is -0.330 e. The molecule has 1 aromatic rings. The predicted octanol–water partition coefficient (Wildman–Crippen LogP) is 2.26. The van der Waals surface area contributed by atoms with Crippen LogP contribution in [0.1, 0.15) is 57.7 Å². The van der Waals surface area contributed by atoms with Crippen molar-refractivity contribution >= 4 is 0 Å². The van der Waals surface area contributed by atoms with Crippen molar-refractivity contribution in [2.75, 3.05) is 7.05 Å². The smallest absolute Gasteiger partial charge is 0.0951 e. The van der Waals surface area contributed by atoms with Crippen LogP contribution in [-0.2, 0) is 5.54 Å². The molecule has 2 saturated heterocycles. The van der Waals surface area contributed by atoms with Gasteiger partial charge in [0.05, 0.1) is 17.6 Å². The maximum Gasteiger partial charge on any atom is 0.0951 e. The van der Waals surface area contributed by atoms with Gasteiger partial charge in [-0.15, -0.1) is 0 Å². The second-order valence-electron chi connectivity index (χ2n) is 6.94. The fourth-order valence-electron chi connectivity index (χ4n) is 3.91. The van der Waals surface area contributed by atoms with Gasteiger partial charge in [0.1, 0.15) is 0 Å². The number of hydrogen-bond donors (Lipinski definition) is 1. The Labute approximate surface area is 116 Å². The number of piperidine rings is 2. The van der Waals surface area contributed by atoms with Crippen LogP contribution in [0, 0.1) is 0 Å². The highest BCUT2D eigenvalue weighted by molar-refractivity contribution is 5.12. The highest BCUT2D eigenvalue weighted by Gasteiger charge is 2.37. The van der Waals surface area contributed by atoms with Crippen molar-refractivity contribution in [3.63, 3.8) is 0 Å². The zero-order valence-electron chi connectivity index (χ0n) is 12.3. The Kier molecular flexibility index (Phi) is 3.18. The van der Waals surface area contributed by atoms with Gasteiger partial charge in [0.15, 0.2) is 0 Å². The second kappa shape index (κ2) is 4.60. The van der Waals surface area contributed by atoms with Crippen LogP contribution in [0.3, 0.4) is 0 Å². The standard InChI is InChI=1S/C15H26N4/c1-15(2,16)14-9-17-10-19(14)13-7-11-5-4-6-12(8-13)18(11)3/h9-13H,4-8,16H2,1-3H3. The molecule has 106 valence electrons. The summed E-state index contributed by atoms with van der Waals surface area (Å²) < 4.78 is 2.35. The van der Waals surface area contributed by atoms with E-state index < -0.39 is 0 Å². The van der Waals surface area contributed by atoms with Crippen LogP contribution in [0.2, 0.25) is 0 Å². The number of hydrogen-bond acceptors (Lipinski definition) is 3. The Morgan fingerprint density at radius 2 is 1.84 bits per heavy atom. The third-order valence-electron chi connectivity index (χ3n) is 5.03. The molecule has 2 bridgehead atoms. The molecule has 2 aliphatic heterocycles. The maximum atomic E-state index is 6.28. The first-order chi connectivity index (χ1) is 8.97. The number of rotatable bonds is 2. The molecule has 4 heteroatoms. The quantitative estimate of drug-likeness (QED) is 0.889. The van der Waals surface area contributed by atoms with E-state index in [4.69, 9.17) is 5.73 Å². The molecule has 0 saturated carbocycles. The largest absolute Gasteiger partial charge is 0.330 e. The zero-order valence-corrected chi connectivity index (χ0v) is 12.3. The summed E-state index contributed by atoms with van der Waals surface area (Å²) in [6.45, 7) is 4.13. The minimum atomic E-state index is -0.311. The Bertz CT molecular complexity index is 431. The van der Waals surface area contributed by atoms with Gasteiger partial charge >= 0.3 is 0 Å². The van der Waals surface area contributed by atoms with Crippen molar-refractivity contribution in [3.05, 3.63) is 18.2 Å². The third kappa shape index (κ3) is 2.32. The molecule has 0 radical (unpaired) electrons. The van der Waals surface area contributed by atoms with Crippen molar-refractivity contribution in [3.8, 4) is 0 Å². The average Bonchev–Trinajstić information content (AvgIpc) is 2.77. The lowest BCUT2D eigenvalue weighted by Gasteiger charge is -2.47. The van der Waals surface area contributed by atoms with Gasteiger partial charge in [-0.3, -0.25) is 0 Å². The third-order valence-corrected chi connectivity index (χ3v) is 5.03. The molecule has 3 rings (SSSR count). The molecule has 0 aliphatic carbocycles. The molecule has 4 nitrogen and oxygen atoms in total. The molecule has 2 N–H and O–H groups in total. The molecule has 3 heterocycles. The maximum absolute atomic E-state index is 6.28. The number of fused-ring (bicyclic) bond motifs is 2. The van der Waals surface area contributed by atoms with E-state index in [0.29, 0.717) is 6.04 Å². The molecule has 2 unspecified atom stereocenters. The molecule has 1 aromatic heterocycles. The van der Waals surface area contributed by atoms with Crippen LogP contribution in [0.4, 0.5) is 0 Å². The van der Waals surface area contributed by atoms with Crippen molar-refractivity contribution in [2.24, 2.45) is 5.73 Å². The molecule has 2 aliphatic rings. The Balaban J connectivity index is 1.86. The first kappa shape index (κ1) is 13.1. The Morgan fingerprint density at radius 3 is 2.42 bits per heavy atom. The molecule has 19 heavy (non-hydrogen) atoms. The molecule has 2 fully saturated rings. The van der Waals surface area contributed by atoms with Crippen molar-refractivity contribution in [2.45, 2.75) is 69.6 Å². The molecular weight excluding hydrogens is 236 g/mol. The van der Waals surface area contributed by atoms with E-state index in [2.05, 4.69) is 35.3 Å². The lowest BCUT2D eigenvalue weighted by atomic mass is 9.82. The number of imidazole rings is 1. The average molecular weight is 262 g/mol.